The fourth-order valence-corrected chi connectivity index (χ4v) is 2.87. The van der Waals surface area contributed by atoms with Gasteiger partial charge in [0.1, 0.15) is 0 Å². The van der Waals surface area contributed by atoms with Crippen molar-refractivity contribution in [2.75, 3.05) is 7.11 Å². The zero-order valence-electron chi connectivity index (χ0n) is 9.44. The molecule has 0 bridgehead atoms. The van der Waals surface area contributed by atoms with E-state index in [1.54, 1.807) is 18.4 Å². The van der Waals surface area contributed by atoms with Crippen molar-refractivity contribution in [2.24, 2.45) is 0 Å². The van der Waals surface area contributed by atoms with Crippen molar-refractivity contribution in [3.8, 4) is 5.88 Å². The van der Waals surface area contributed by atoms with E-state index < -0.39 is 0 Å². The minimum Gasteiger partial charge on any atom is -0.481 e. The van der Waals surface area contributed by atoms with Crippen molar-refractivity contribution < 1.29 is 4.74 Å². The van der Waals surface area contributed by atoms with Crippen LogP contribution in [0.15, 0.2) is 34.2 Å². The topological polar surface area (TPSA) is 34.1 Å². The first-order chi connectivity index (χ1) is 8.28. The molecule has 2 aromatic heterocycles. The maximum atomic E-state index is 5.01. The molecule has 1 N–H and O–H groups in total. The average Bonchev–Trinajstić information content (AvgIpc) is 2.76. The van der Waals surface area contributed by atoms with E-state index in [4.69, 9.17) is 4.74 Å². The molecule has 2 heterocycles. The summed E-state index contributed by atoms with van der Waals surface area (Å²) in [5, 5.41) is 3.38. The van der Waals surface area contributed by atoms with Gasteiger partial charge in [0.05, 0.1) is 10.9 Å². The molecule has 2 aromatic rings. The summed E-state index contributed by atoms with van der Waals surface area (Å²) in [6, 6.07) is 8.08. The number of nitrogens with one attached hydrogen (secondary N) is 1. The van der Waals surface area contributed by atoms with Crippen molar-refractivity contribution in [1.29, 1.82) is 0 Å². The molecular formula is C12H13BrN2OS. The molecule has 17 heavy (non-hydrogen) atoms. The van der Waals surface area contributed by atoms with Crippen LogP contribution in [0.3, 0.4) is 0 Å². The highest BCUT2D eigenvalue weighted by molar-refractivity contribution is 9.11. The van der Waals surface area contributed by atoms with E-state index in [2.05, 4.69) is 38.4 Å². The zero-order valence-corrected chi connectivity index (χ0v) is 11.8. The molecule has 0 saturated heterocycles. The Balaban J connectivity index is 1.81. The van der Waals surface area contributed by atoms with E-state index in [0.29, 0.717) is 5.88 Å². The van der Waals surface area contributed by atoms with Crippen molar-refractivity contribution in [3.05, 3.63) is 44.7 Å². The Labute approximate surface area is 113 Å². The molecule has 3 nitrogen and oxygen atoms in total. The standard InChI is InChI=1S/C12H13BrN2OS/c1-16-12-5-2-9(7-15-12)6-14-8-10-3-4-11(13)17-10/h2-5,7,14H,6,8H2,1H3. The SMILES string of the molecule is COc1ccc(CNCc2ccc(Br)s2)cn1. The van der Waals surface area contributed by atoms with Crippen LogP contribution >= 0.6 is 27.3 Å². The molecule has 0 saturated carbocycles. The summed E-state index contributed by atoms with van der Waals surface area (Å²) in [4.78, 5) is 5.48. The fraction of sp³-hybridized carbons (Fsp3) is 0.250. The second kappa shape index (κ2) is 6.14. The summed E-state index contributed by atoms with van der Waals surface area (Å²) < 4.78 is 6.18. The van der Waals surface area contributed by atoms with Gasteiger partial charge in [-0.3, -0.25) is 0 Å². The maximum absolute atomic E-state index is 5.01. The van der Waals surface area contributed by atoms with Crippen molar-refractivity contribution in [1.82, 2.24) is 10.3 Å². The van der Waals surface area contributed by atoms with E-state index in [-0.39, 0.29) is 0 Å². The van der Waals surface area contributed by atoms with Gasteiger partial charge in [-0.25, -0.2) is 4.98 Å². The summed E-state index contributed by atoms with van der Waals surface area (Å²) in [6.07, 6.45) is 1.83. The highest BCUT2D eigenvalue weighted by atomic mass is 79.9. The van der Waals surface area contributed by atoms with Gasteiger partial charge < -0.3 is 10.1 Å². The normalized spacial score (nSPS) is 10.5. The van der Waals surface area contributed by atoms with Gasteiger partial charge in [0, 0.05) is 30.2 Å². The smallest absolute Gasteiger partial charge is 0.212 e. The summed E-state index contributed by atoms with van der Waals surface area (Å²) >= 11 is 5.20. The zero-order chi connectivity index (χ0) is 12.1. The van der Waals surface area contributed by atoms with Gasteiger partial charge >= 0.3 is 0 Å². The van der Waals surface area contributed by atoms with E-state index in [0.717, 1.165) is 18.7 Å². The Hall–Kier alpha value is -0.910. The van der Waals surface area contributed by atoms with Crippen LogP contribution in [0.2, 0.25) is 0 Å². The second-order valence-electron chi connectivity index (χ2n) is 3.52. The van der Waals surface area contributed by atoms with Gasteiger partial charge in [-0.1, -0.05) is 6.07 Å². The number of thiophene rings is 1. The van der Waals surface area contributed by atoms with E-state index in [1.807, 2.05) is 18.3 Å². The number of hydrogen-bond donors (Lipinski definition) is 1. The maximum Gasteiger partial charge on any atom is 0.212 e. The van der Waals surface area contributed by atoms with Crippen LogP contribution < -0.4 is 10.1 Å². The van der Waals surface area contributed by atoms with Crippen molar-refractivity contribution in [2.45, 2.75) is 13.1 Å². The quantitative estimate of drug-likeness (QED) is 0.920. The first-order valence-electron chi connectivity index (χ1n) is 5.22. The third-order valence-corrected chi connectivity index (χ3v) is 3.89. The van der Waals surface area contributed by atoms with Crippen molar-refractivity contribution >= 4 is 27.3 Å². The Kier molecular flexibility index (Phi) is 4.53. The predicted octanol–water partition coefficient (Wildman–Crippen LogP) is 3.20. The van der Waals surface area contributed by atoms with Crippen LogP contribution in [-0.4, -0.2) is 12.1 Å². The lowest BCUT2D eigenvalue weighted by atomic mass is 10.3. The van der Waals surface area contributed by atoms with E-state index in [1.165, 1.54) is 8.66 Å². The lowest BCUT2D eigenvalue weighted by Gasteiger charge is -2.04. The minimum atomic E-state index is 0.649. The lowest BCUT2D eigenvalue weighted by molar-refractivity contribution is 0.397. The Bertz CT molecular complexity index is 470. The number of ether oxygens (including phenoxy) is 1. The van der Waals surface area contributed by atoms with E-state index in [9.17, 15) is 0 Å². The molecular weight excluding hydrogens is 300 g/mol. The first-order valence-corrected chi connectivity index (χ1v) is 6.83. The number of halogens is 1. The summed E-state index contributed by atoms with van der Waals surface area (Å²) in [5.74, 6) is 0.649. The molecule has 90 valence electrons. The monoisotopic (exact) mass is 312 g/mol. The Morgan fingerprint density at radius 1 is 1.29 bits per heavy atom. The number of hydrogen-bond acceptors (Lipinski definition) is 4. The van der Waals surface area contributed by atoms with Crippen LogP contribution in [0.1, 0.15) is 10.4 Å². The molecule has 0 amide bonds. The molecule has 0 aliphatic carbocycles. The predicted molar refractivity (Wildman–Crippen MR) is 73.4 cm³/mol. The average molecular weight is 313 g/mol. The van der Waals surface area contributed by atoms with E-state index >= 15 is 0 Å². The molecule has 0 aliphatic heterocycles. The summed E-state index contributed by atoms with van der Waals surface area (Å²) in [5.41, 5.74) is 1.15. The summed E-state index contributed by atoms with van der Waals surface area (Å²) in [6.45, 7) is 1.69. The third-order valence-electron chi connectivity index (χ3n) is 2.26. The highest BCUT2D eigenvalue weighted by Gasteiger charge is 1.98. The van der Waals surface area contributed by atoms with Crippen molar-refractivity contribution in [3.63, 3.8) is 0 Å². The van der Waals surface area contributed by atoms with Crippen LogP contribution in [0.4, 0.5) is 0 Å². The van der Waals surface area contributed by atoms with Gasteiger partial charge in [-0.2, -0.15) is 0 Å². The Morgan fingerprint density at radius 3 is 2.76 bits per heavy atom. The Morgan fingerprint density at radius 2 is 2.18 bits per heavy atom. The van der Waals surface area contributed by atoms with Gasteiger partial charge in [0.25, 0.3) is 0 Å². The highest BCUT2D eigenvalue weighted by Crippen LogP contribution is 2.21. The van der Waals surface area contributed by atoms with Gasteiger partial charge in [-0.05, 0) is 33.6 Å². The van der Waals surface area contributed by atoms with Gasteiger partial charge in [0.15, 0.2) is 0 Å². The van der Waals surface area contributed by atoms with Crippen LogP contribution in [0.25, 0.3) is 0 Å². The largest absolute Gasteiger partial charge is 0.481 e. The molecule has 0 spiro atoms. The molecule has 0 aliphatic rings. The molecule has 0 atom stereocenters. The number of methoxy groups -OCH3 is 1. The van der Waals surface area contributed by atoms with Gasteiger partial charge in [0.2, 0.25) is 5.88 Å². The second-order valence-corrected chi connectivity index (χ2v) is 6.07. The summed E-state index contributed by atoms with van der Waals surface area (Å²) in [7, 11) is 1.62. The number of pyridine rings is 1. The number of rotatable bonds is 5. The fourth-order valence-electron chi connectivity index (χ4n) is 1.41. The number of aromatic nitrogens is 1. The molecule has 5 heteroatoms. The lowest BCUT2D eigenvalue weighted by Crippen LogP contribution is -2.11. The van der Waals surface area contributed by atoms with Crippen LogP contribution in [0.5, 0.6) is 5.88 Å². The van der Waals surface area contributed by atoms with Crippen LogP contribution in [-0.2, 0) is 13.1 Å². The molecule has 0 radical (unpaired) electrons. The molecule has 0 fully saturated rings. The molecule has 0 aromatic carbocycles. The first kappa shape index (κ1) is 12.5. The van der Waals surface area contributed by atoms with Gasteiger partial charge in [-0.15, -0.1) is 11.3 Å². The minimum absolute atomic E-state index is 0.649. The number of nitrogens with zero attached hydrogens (tertiary/aromatic N) is 1. The molecule has 2 rings (SSSR count). The van der Waals surface area contributed by atoms with Crippen LogP contribution in [0, 0.1) is 0 Å². The third kappa shape index (κ3) is 3.80. The molecule has 0 unspecified atom stereocenters.